The SMILES string of the molecule is Cl.Cl.Cn1ncc2c1-c1ccc(Cl)cc1OC21CCNCC1. The van der Waals surface area contributed by atoms with Crippen LogP contribution in [0.25, 0.3) is 11.3 Å². The Bertz CT molecular complexity index is 681. The molecule has 3 heterocycles. The molecule has 4 nitrogen and oxygen atoms in total. The van der Waals surface area contributed by atoms with Crippen molar-refractivity contribution in [1.82, 2.24) is 15.1 Å². The molecule has 1 aromatic heterocycles. The van der Waals surface area contributed by atoms with E-state index in [1.165, 1.54) is 5.56 Å². The smallest absolute Gasteiger partial charge is 0.140 e. The Morgan fingerprint density at radius 3 is 2.73 bits per heavy atom. The third-order valence-corrected chi connectivity index (χ3v) is 4.58. The lowest BCUT2D eigenvalue weighted by atomic mass is 9.81. The minimum Gasteiger partial charge on any atom is -0.482 e. The van der Waals surface area contributed by atoms with E-state index in [0.717, 1.165) is 42.9 Å². The van der Waals surface area contributed by atoms with Crippen molar-refractivity contribution in [3.05, 3.63) is 35.0 Å². The van der Waals surface area contributed by atoms with Gasteiger partial charge in [0.2, 0.25) is 0 Å². The minimum atomic E-state index is -0.257. The molecule has 0 saturated carbocycles. The first-order chi connectivity index (χ1) is 9.70. The van der Waals surface area contributed by atoms with Crippen molar-refractivity contribution in [2.45, 2.75) is 18.4 Å². The summed E-state index contributed by atoms with van der Waals surface area (Å²) in [5.74, 6) is 0.871. The molecule has 2 aliphatic rings. The number of fused-ring (bicyclic) bond motifs is 4. The lowest BCUT2D eigenvalue weighted by Gasteiger charge is -2.41. The summed E-state index contributed by atoms with van der Waals surface area (Å²) < 4.78 is 8.34. The molecule has 0 aliphatic carbocycles. The third-order valence-electron chi connectivity index (χ3n) is 4.34. The molecule has 0 amide bonds. The van der Waals surface area contributed by atoms with Crippen LogP contribution in [0.15, 0.2) is 24.4 Å². The monoisotopic (exact) mass is 361 g/mol. The van der Waals surface area contributed by atoms with Gasteiger partial charge in [-0.2, -0.15) is 5.10 Å². The highest BCUT2D eigenvalue weighted by atomic mass is 35.5. The molecular weight excluding hydrogens is 345 g/mol. The average molecular weight is 363 g/mol. The Kier molecular flexibility index (Phi) is 4.97. The maximum Gasteiger partial charge on any atom is 0.140 e. The standard InChI is InChI=1S/C15H16ClN3O.2ClH/c1-19-14-11-3-2-10(16)8-13(11)20-15(12(14)9-18-19)4-6-17-7-5-15;;/h2-3,8-9,17H,4-7H2,1H3;2*1H. The van der Waals surface area contributed by atoms with E-state index in [4.69, 9.17) is 16.3 Å². The van der Waals surface area contributed by atoms with Gasteiger partial charge in [-0.25, -0.2) is 0 Å². The van der Waals surface area contributed by atoms with Gasteiger partial charge in [-0.15, -0.1) is 24.8 Å². The normalized spacial score (nSPS) is 17.5. The fraction of sp³-hybridized carbons (Fsp3) is 0.400. The van der Waals surface area contributed by atoms with Gasteiger partial charge >= 0.3 is 0 Å². The first-order valence-electron chi connectivity index (χ1n) is 6.92. The topological polar surface area (TPSA) is 39.1 Å². The van der Waals surface area contributed by atoms with Gasteiger partial charge in [0.15, 0.2) is 0 Å². The van der Waals surface area contributed by atoms with Gasteiger partial charge in [0.05, 0.1) is 11.9 Å². The van der Waals surface area contributed by atoms with E-state index < -0.39 is 0 Å². The van der Waals surface area contributed by atoms with Gasteiger partial charge in [-0.1, -0.05) is 11.6 Å². The molecule has 0 atom stereocenters. The van der Waals surface area contributed by atoms with Crippen molar-refractivity contribution in [3.8, 4) is 17.0 Å². The van der Waals surface area contributed by atoms with E-state index in [9.17, 15) is 0 Å². The van der Waals surface area contributed by atoms with Crippen LogP contribution < -0.4 is 10.1 Å². The fourth-order valence-electron chi connectivity index (χ4n) is 3.33. The summed E-state index contributed by atoms with van der Waals surface area (Å²) in [5.41, 5.74) is 3.18. The highest BCUT2D eigenvalue weighted by molar-refractivity contribution is 6.30. The van der Waals surface area contributed by atoms with Crippen LogP contribution in [0.2, 0.25) is 5.02 Å². The number of hydrogen-bond acceptors (Lipinski definition) is 3. The van der Waals surface area contributed by atoms with Crippen LogP contribution in [0.5, 0.6) is 5.75 Å². The number of halogens is 3. The summed E-state index contributed by atoms with van der Waals surface area (Å²) in [7, 11) is 1.98. The summed E-state index contributed by atoms with van der Waals surface area (Å²) in [6.07, 6.45) is 3.87. The molecule has 7 heteroatoms. The van der Waals surface area contributed by atoms with Gasteiger partial charge in [0.1, 0.15) is 11.4 Å². The van der Waals surface area contributed by atoms with Crippen LogP contribution in [0.3, 0.4) is 0 Å². The molecule has 1 N–H and O–H groups in total. The lowest BCUT2D eigenvalue weighted by Crippen LogP contribution is -2.45. The molecule has 4 rings (SSSR count). The summed E-state index contributed by atoms with van der Waals surface area (Å²) in [4.78, 5) is 0. The number of rotatable bonds is 0. The van der Waals surface area contributed by atoms with E-state index in [2.05, 4.69) is 10.4 Å². The predicted octanol–water partition coefficient (Wildman–Crippen LogP) is 3.56. The number of aryl methyl sites for hydroxylation is 1. The zero-order valence-corrected chi connectivity index (χ0v) is 14.5. The van der Waals surface area contributed by atoms with E-state index in [1.54, 1.807) is 0 Å². The Morgan fingerprint density at radius 2 is 2.00 bits per heavy atom. The molecule has 0 bridgehead atoms. The highest BCUT2D eigenvalue weighted by Gasteiger charge is 2.43. The van der Waals surface area contributed by atoms with Gasteiger partial charge in [-0.05, 0) is 31.3 Å². The summed E-state index contributed by atoms with van der Waals surface area (Å²) in [6.45, 7) is 1.93. The van der Waals surface area contributed by atoms with Crippen molar-refractivity contribution in [1.29, 1.82) is 0 Å². The molecular formula is C15H18Cl3N3O. The largest absolute Gasteiger partial charge is 0.482 e. The van der Waals surface area contributed by atoms with Gasteiger partial charge < -0.3 is 10.1 Å². The number of ether oxygens (including phenoxy) is 1. The summed E-state index contributed by atoms with van der Waals surface area (Å²) in [6, 6.07) is 5.84. The second kappa shape index (κ2) is 6.28. The van der Waals surface area contributed by atoms with Gasteiger partial charge in [0, 0.05) is 36.0 Å². The first kappa shape index (κ1) is 17.4. The van der Waals surface area contributed by atoms with Crippen LogP contribution in [0.1, 0.15) is 18.4 Å². The average Bonchev–Trinajstić information content (AvgIpc) is 2.83. The highest BCUT2D eigenvalue weighted by Crippen LogP contribution is 2.49. The second-order valence-corrected chi connectivity index (χ2v) is 5.95. The maximum absolute atomic E-state index is 6.40. The second-order valence-electron chi connectivity index (χ2n) is 5.52. The molecule has 120 valence electrons. The number of nitrogens with zero attached hydrogens (tertiary/aromatic N) is 2. The van der Waals surface area contributed by atoms with Gasteiger partial charge in [0.25, 0.3) is 0 Å². The number of nitrogens with one attached hydrogen (secondary N) is 1. The molecule has 1 aromatic carbocycles. The Hall–Kier alpha value is -0.940. The molecule has 22 heavy (non-hydrogen) atoms. The fourth-order valence-corrected chi connectivity index (χ4v) is 3.50. The molecule has 1 spiro atoms. The van der Waals surface area contributed by atoms with Crippen LogP contribution in [0, 0.1) is 0 Å². The van der Waals surface area contributed by atoms with Crippen molar-refractivity contribution >= 4 is 36.4 Å². The van der Waals surface area contributed by atoms with Crippen molar-refractivity contribution in [2.75, 3.05) is 13.1 Å². The Balaban J connectivity index is 0.000000882. The van der Waals surface area contributed by atoms with Gasteiger partial charge in [-0.3, -0.25) is 4.68 Å². The predicted molar refractivity (Wildman–Crippen MR) is 92.6 cm³/mol. The van der Waals surface area contributed by atoms with Crippen molar-refractivity contribution in [2.24, 2.45) is 7.05 Å². The number of benzene rings is 1. The third kappa shape index (κ3) is 2.48. The van der Waals surface area contributed by atoms with Crippen molar-refractivity contribution in [3.63, 3.8) is 0 Å². The number of aromatic nitrogens is 2. The zero-order valence-electron chi connectivity index (χ0n) is 12.1. The number of piperidine rings is 1. The quantitative estimate of drug-likeness (QED) is 0.779. The summed E-state index contributed by atoms with van der Waals surface area (Å²) in [5, 5.41) is 8.56. The zero-order chi connectivity index (χ0) is 13.7. The Morgan fingerprint density at radius 1 is 1.27 bits per heavy atom. The van der Waals surface area contributed by atoms with Crippen LogP contribution in [-0.2, 0) is 12.6 Å². The molecule has 2 aliphatic heterocycles. The molecule has 2 aromatic rings. The van der Waals surface area contributed by atoms with Crippen molar-refractivity contribution < 1.29 is 4.74 Å². The molecule has 1 saturated heterocycles. The number of hydrogen-bond donors (Lipinski definition) is 1. The van der Waals surface area contributed by atoms with E-state index >= 15 is 0 Å². The molecule has 1 fully saturated rings. The van der Waals surface area contributed by atoms with Crippen LogP contribution >= 0.6 is 36.4 Å². The summed E-state index contributed by atoms with van der Waals surface area (Å²) >= 11 is 6.13. The lowest BCUT2D eigenvalue weighted by molar-refractivity contribution is 0.0306. The first-order valence-corrected chi connectivity index (χ1v) is 7.30. The van der Waals surface area contributed by atoms with E-state index in [1.807, 2.05) is 36.1 Å². The Labute approximate surface area is 147 Å². The van der Waals surface area contributed by atoms with Crippen LogP contribution in [-0.4, -0.2) is 22.9 Å². The van der Waals surface area contributed by atoms with E-state index in [-0.39, 0.29) is 30.4 Å². The molecule has 0 radical (unpaired) electrons. The van der Waals surface area contributed by atoms with E-state index in [0.29, 0.717) is 5.02 Å². The maximum atomic E-state index is 6.40. The van der Waals surface area contributed by atoms with Crippen LogP contribution in [0.4, 0.5) is 0 Å². The minimum absolute atomic E-state index is 0. The molecule has 0 unspecified atom stereocenters.